The molecule has 2 aliphatic rings. The van der Waals surface area contributed by atoms with Crippen molar-refractivity contribution in [3.63, 3.8) is 0 Å². The van der Waals surface area contributed by atoms with Gasteiger partial charge in [-0.3, -0.25) is 9.79 Å². The summed E-state index contributed by atoms with van der Waals surface area (Å²) in [5, 5.41) is 6.54. The number of rotatable bonds is 6. The molecule has 1 amide bonds. The monoisotopic (exact) mass is 464 g/mol. The predicted octanol–water partition coefficient (Wildman–Crippen LogP) is 3.39. The van der Waals surface area contributed by atoms with Crippen LogP contribution in [0.15, 0.2) is 4.99 Å². The molecular weight excluding hydrogens is 427 g/mol. The van der Waals surface area contributed by atoms with E-state index < -0.39 is 0 Å². The van der Waals surface area contributed by atoms with Crippen LogP contribution in [-0.4, -0.2) is 49.5 Å². The Bertz CT molecular complexity index is 422. The van der Waals surface area contributed by atoms with Gasteiger partial charge in [0, 0.05) is 39.1 Å². The molecule has 0 bridgehead atoms. The molecule has 2 N–H and O–H groups in total. The SMILES string of the molecule is CN=C(NCCC(=O)NC1CCCCC1)N1CCC(CC(C)C)C1.I. The lowest BCUT2D eigenvalue weighted by Crippen LogP contribution is -2.42. The number of nitrogens with zero attached hydrogens (tertiary/aromatic N) is 2. The van der Waals surface area contributed by atoms with Crippen molar-refractivity contribution in [2.45, 2.75) is 71.3 Å². The minimum atomic E-state index is 0. The molecule has 25 heavy (non-hydrogen) atoms. The third kappa shape index (κ3) is 8.13. The van der Waals surface area contributed by atoms with Gasteiger partial charge in [-0.05, 0) is 37.5 Å². The van der Waals surface area contributed by atoms with Crippen LogP contribution in [-0.2, 0) is 4.79 Å². The molecule has 1 atom stereocenters. The number of nitrogens with one attached hydrogen (secondary N) is 2. The summed E-state index contributed by atoms with van der Waals surface area (Å²) >= 11 is 0. The van der Waals surface area contributed by atoms with Gasteiger partial charge in [-0.25, -0.2) is 0 Å². The lowest BCUT2D eigenvalue weighted by atomic mass is 9.95. The Kier molecular flexibility index (Phi) is 10.8. The highest BCUT2D eigenvalue weighted by molar-refractivity contribution is 14.0. The first-order valence-corrected chi connectivity index (χ1v) is 9.83. The zero-order valence-corrected chi connectivity index (χ0v) is 18.6. The number of guanidine groups is 1. The molecule has 0 aromatic heterocycles. The first-order valence-electron chi connectivity index (χ1n) is 9.83. The molecule has 0 aromatic rings. The normalized spacial score (nSPS) is 22.0. The highest BCUT2D eigenvalue weighted by Crippen LogP contribution is 2.23. The minimum absolute atomic E-state index is 0. The van der Waals surface area contributed by atoms with E-state index in [0.29, 0.717) is 19.0 Å². The van der Waals surface area contributed by atoms with Crippen molar-refractivity contribution in [1.82, 2.24) is 15.5 Å². The first-order chi connectivity index (χ1) is 11.6. The van der Waals surface area contributed by atoms with Crippen LogP contribution in [0, 0.1) is 11.8 Å². The van der Waals surface area contributed by atoms with Gasteiger partial charge < -0.3 is 15.5 Å². The Balaban J connectivity index is 0.00000312. The average molecular weight is 464 g/mol. The number of carbonyl (C=O) groups excluding carboxylic acids is 1. The second-order valence-electron chi connectivity index (χ2n) is 7.86. The molecule has 146 valence electrons. The number of aliphatic imine (C=N–C) groups is 1. The molecule has 1 saturated carbocycles. The van der Waals surface area contributed by atoms with Gasteiger partial charge in [-0.1, -0.05) is 33.1 Å². The van der Waals surface area contributed by atoms with E-state index in [1.54, 1.807) is 0 Å². The third-order valence-electron chi connectivity index (χ3n) is 5.21. The molecule has 1 heterocycles. The molecule has 2 fully saturated rings. The smallest absolute Gasteiger partial charge is 0.221 e. The molecule has 1 aliphatic heterocycles. The van der Waals surface area contributed by atoms with Crippen molar-refractivity contribution < 1.29 is 4.79 Å². The Hall–Kier alpha value is -0.530. The Labute approximate surface area is 170 Å². The number of carbonyl (C=O) groups is 1. The van der Waals surface area contributed by atoms with E-state index in [1.165, 1.54) is 32.1 Å². The quantitative estimate of drug-likeness (QED) is 0.360. The van der Waals surface area contributed by atoms with Gasteiger partial charge >= 0.3 is 0 Å². The maximum atomic E-state index is 12.1. The first kappa shape index (κ1) is 22.5. The predicted molar refractivity (Wildman–Crippen MR) is 116 cm³/mol. The van der Waals surface area contributed by atoms with E-state index in [4.69, 9.17) is 0 Å². The second kappa shape index (κ2) is 12.0. The molecule has 6 heteroatoms. The third-order valence-corrected chi connectivity index (χ3v) is 5.21. The van der Waals surface area contributed by atoms with Crippen molar-refractivity contribution in [3.8, 4) is 0 Å². The van der Waals surface area contributed by atoms with E-state index in [0.717, 1.165) is 43.7 Å². The van der Waals surface area contributed by atoms with Crippen molar-refractivity contribution in [2.75, 3.05) is 26.7 Å². The van der Waals surface area contributed by atoms with Crippen molar-refractivity contribution in [1.29, 1.82) is 0 Å². The molecule has 0 radical (unpaired) electrons. The van der Waals surface area contributed by atoms with Crippen LogP contribution >= 0.6 is 24.0 Å². The van der Waals surface area contributed by atoms with E-state index in [-0.39, 0.29) is 29.9 Å². The van der Waals surface area contributed by atoms with Gasteiger partial charge in [-0.15, -0.1) is 24.0 Å². The van der Waals surface area contributed by atoms with Crippen LogP contribution in [0.3, 0.4) is 0 Å². The lowest BCUT2D eigenvalue weighted by Gasteiger charge is -2.24. The van der Waals surface area contributed by atoms with Crippen molar-refractivity contribution in [2.24, 2.45) is 16.8 Å². The molecule has 1 saturated heterocycles. The Morgan fingerprint density at radius 2 is 1.92 bits per heavy atom. The topological polar surface area (TPSA) is 56.7 Å². The van der Waals surface area contributed by atoms with Crippen LogP contribution in [0.5, 0.6) is 0 Å². The van der Waals surface area contributed by atoms with Gasteiger partial charge in [0.2, 0.25) is 5.91 Å². The standard InChI is InChI=1S/C19H36N4O.HI/c1-15(2)13-16-10-12-23(14-16)19(20-3)21-11-9-18(24)22-17-7-5-4-6-8-17;/h15-17H,4-14H2,1-3H3,(H,20,21)(H,22,24);1H. The molecular formula is C19H37IN4O. The second-order valence-corrected chi connectivity index (χ2v) is 7.86. The summed E-state index contributed by atoms with van der Waals surface area (Å²) in [4.78, 5) is 18.8. The van der Waals surface area contributed by atoms with Gasteiger partial charge in [-0.2, -0.15) is 0 Å². The molecule has 1 unspecified atom stereocenters. The molecule has 0 aromatic carbocycles. The summed E-state index contributed by atoms with van der Waals surface area (Å²) in [5.41, 5.74) is 0. The van der Waals surface area contributed by atoms with Crippen LogP contribution in [0.25, 0.3) is 0 Å². The van der Waals surface area contributed by atoms with Crippen molar-refractivity contribution in [3.05, 3.63) is 0 Å². The van der Waals surface area contributed by atoms with Gasteiger partial charge in [0.1, 0.15) is 0 Å². The van der Waals surface area contributed by atoms with Gasteiger partial charge in [0.15, 0.2) is 5.96 Å². The van der Waals surface area contributed by atoms with Gasteiger partial charge in [0.25, 0.3) is 0 Å². The average Bonchev–Trinajstić information content (AvgIpc) is 3.00. The minimum Gasteiger partial charge on any atom is -0.356 e. The van der Waals surface area contributed by atoms with Crippen LogP contribution < -0.4 is 10.6 Å². The fourth-order valence-electron chi connectivity index (χ4n) is 4.05. The largest absolute Gasteiger partial charge is 0.356 e. The highest BCUT2D eigenvalue weighted by Gasteiger charge is 2.25. The number of halogens is 1. The summed E-state index contributed by atoms with van der Waals surface area (Å²) in [7, 11) is 1.83. The van der Waals surface area contributed by atoms with E-state index >= 15 is 0 Å². The lowest BCUT2D eigenvalue weighted by molar-refractivity contribution is -0.121. The summed E-state index contributed by atoms with van der Waals surface area (Å²) in [6, 6.07) is 0.404. The number of likely N-dealkylation sites (tertiary alicyclic amines) is 1. The van der Waals surface area contributed by atoms with Crippen LogP contribution in [0.4, 0.5) is 0 Å². The van der Waals surface area contributed by atoms with E-state index in [2.05, 4.69) is 34.4 Å². The summed E-state index contributed by atoms with van der Waals surface area (Å²) in [6.07, 6.45) is 9.18. The Morgan fingerprint density at radius 3 is 2.56 bits per heavy atom. The van der Waals surface area contributed by atoms with Crippen LogP contribution in [0.2, 0.25) is 0 Å². The molecule has 0 spiro atoms. The summed E-state index contributed by atoms with van der Waals surface area (Å²) in [5.74, 6) is 2.65. The summed E-state index contributed by atoms with van der Waals surface area (Å²) in [6.45, 7) is 7.41. The number of hydrogen-bond donors (Lipinski definition) is 2. The zero-order valence-electron chi connectivity index (χ0n) is 16.2. The number of amides is 1. The zero-order chi connectivity index (χ0) is 17.4. The van der Waals surface area contributed by atoms with Gasteiger partial charge in [0.05, 0.1) is 0 Å². The van der Waals surface area contributed by atoms with E-state index in [1.807, 2.05) is 7.05 Å². The molecule has 2 rings (SSSR count). The van der Waals surface area contributed by atoms with Crippen LogP contribution in [0.1, 0.15) is 65.2 Å². The molecule has 5 nitrogen and oxygen atoms in total. The Morgan fingerprint density at radius 1 is 1.20 bits per heavy atom. The fourth-order valence-corrected chi connectivity index (χ4v) is 4.05. The number of hydrogen-bond acceptors (Lipinski definition) is 2. The van der Waals surface area contributed by atoms with Crippen molar-refractivity contribution >= 4 is 35.8 Å². The maximum absolute atomic E-state index is 12.1. The molecule has 1 aliphatic carbocycles. The van der Waals surface area contributed by atoms with E-state index in [9.17, 15) is 4.79 Å². The maximum Gasteiger partial charge on any atom is 0.221 e. The highest BCUT2D eigenvalue weighted by atomic mass is 127. The fraction of sp³-hybridized carbons (Fsp3) is 0.895. The summed E-state index contributed by atoms with van der Waals surface area (Å²) < 4.78 is 0.